The second-order valence-corrected chi connectivity index (χ2v) is 25.2. The van der Waals surface area contributed by atoms with Gasteiger partial charge in [0.2, 0.25) is 0 Å². The van der Waals surface area contributed by atoms with E-state index in [0.717, 1.165) is 25.7 Å². The lowest BCUT2D eigenvalue weighted by atomic mass is 9.82. The number of carbonyl (C=O) groups excluding carboxylic acids is 2. The molecule has 9 heterocycles. The summed E-state index contributed by atoms with van der Waals surface area (Å²) < 4.78 is 93.1. The third kappa shape index (κ3) is 14.1. The van der Waals surface area contributed by atoms with Crippen LogP contribution in [-0.4, -0.2) is 158 Å². The Labute approximate surface area is 462 Å². The summed E-state index contributed by atoms with van der Waals surface area (Å²) in [6, 6.07) is 0. The summed E-state index contributed by atoms with van der Waals surface area (Å²) in [6.45, 7) is 14.4. The number of methoxy groups -OCH3 is 3. The SMILES string of the molecule is COC(=O)C(O)C/C=C\C/C=C/C[C@@H]1O[C@@]23C[C@@H]1OC(=O)C[C@H]1CCC[C@@H](C[C@@H]4C[C@@H](C[C@H]5O[C@]6(C=C[C@@H]5C)CC[C@H](OC)[C@H](O6)[C@H]5OC(C)(C)O[C@H]5[C@@H](C)CC[C@H]5O[C@@](CC[C@@H]2C)(C[C@@H](OC)[C@@H]5Cl)O3)OC(C)(C)O4)O1. The van der Waals surface area contributed by atoms with Crippen molar-refractivity contribution in [2.75, 3.05) is 21.3 Å². The fourth-order valence-electron chi connectivity index (χ4n) is 13.9. The Balaban J connectivity index is 0.994. The Bertz CT molecular complexity index is 2090. The van der Waals surface area contributed by atoms with Crippen molar-refractivity contribution in [3.63, 3.8) is 0 Å². The number of alkyl halides is 1. The van der Waals surface area contributed by atoms with Crippen LogP contribution in [0.5, 0.6) is 0 Å². The first-order chi connectivity index (χ1) is 36.6. The van der Waals surface area contributed by atoms with Crippen molar-refractivity contribution in [2.24, 2.45) is 17.8 Å². The van der Waals surface area contributed by atoms with E-state index in [1.54, 1.807) is 20.3 Å². The minimum absolute atomic E-state index is 0.0237. The number of fused-ring (bicyclic) bond motifs is 10. The highest BCUT2D eigenvalue weighted by Crippen LogP contribution is 2.54. The third-order valence-electron chi connectivity index (χ3n) is 17.9. The maximum Gasteiger partial charge on any atom is 0.335 e. The molecule has 9 aliphatic rings. The Hall–Kier alpha value is -2.07. The molecule has 0 amide bonds. The zero-order valence-electron chi connectivity index (χ0n) is 47.4. The van der Waals surface area contributed by atoms with Crippen molar-refractivity contribution in [2.45, 2.75) is 284 Å². The number of aliphatic hydroxyl groups excluding tert-OH is 1. The molecule has 1 N–H and O–H groups in total. The molecule has 3 spiro atoms. The molecule has 9 rings (SSSR count). The first kappa shape index (κ1) is 59.5. The maximum absolute atomic E-state index is 14.2. The van der Waals surface area contributed by atoms with Gasteiger partial charge in [-0.2, -0.15) is 0 Å². The molecule has 11 bridgehead atoms. The van der Waals surface area contributed by atoms with Crippen LogP contribution < -0.4 is 0 Å². The van der Waals surface area contributed by atoms with Crippen LogP contribution in [0.2, 0.25) is 0 Å². The highest BCUT2D eigenvalue weighted by molar-refractivity contribution is 6.21. The molecule has 0 aromatic heterocycles. The summed E-state index contributed by atoms with van der Waals surface area (Å²) >= 11 is 7.34. The van der Waals surface area contributed by atoms with Crippen molar-refractivity contribution in [3.05, 3.63) is 36.5 Å². The van der Waals surface area contributed by atoms with Crippen LogP contribution in [0.25, 0.3) is 0 Å². The van der Waals surface area contributed by atoms with Crippen LogP contribution in [0.4, 0.5) is 0 Å². The fourth-order valence-corrected chi connectivity index (χ4v) is 14.2. The predicted octanol–water partition coefficient (Wildman–Crippen LogP) is 9.20. The van der Waals surface area contributed by atoms with E-state index in [-0.39, 0.29) is 85.4 Å². The standard InChI is InChI=1S/C59H91ClO17/c1-35-23-26-57-28-25-45(64-8)52(76-57)53-51(74-56(6,7)75-53)36(2)21-22-44-50(60)48(65-9)33-58(71-44)27-24-37(3)59(77-58)34-47(43(73-59)20-15-13-11-12-14-19-42(61)54(63)66-10)68-49(62)32-39-18-16-17-38(67-39)29-40-30-41(31-46(35)72-57)70-55(4,5)69-40/h12-15,23,26,35-48,50-53,61H,11,16-22,24-25,27-34H2,1-10H3/b14-12-,15-13+/t35-,36-,37-,38-,39+,40+,41-,42?,43-,44+,45-,46+,47-,48+,50+,51-,52-,53-,57-,58+,59+/m0/s1. The van der Waals surface area contributed by atoms with Crippen LogP contribution in [-0.2, 0) is 75.9 Å². The molecule has 17 nitrogen and oxygen atoms in total. The van der Waals surface area contributed by atoms with E-state index in [0.29, 0.717) is 77.0 Å². The van der Waals surface area contributed by atoms with E-state index >= 15 is 0 Å². The number of esters is 2. The van der Waals surface area contributed by atoms with E-state index in [9.17, 15) is 14.7 Å². The van der Waals surface area contributed by atoms with Gasteiger partial charge in [-0.1, -0.05) is 51.2 Å². The van der Waals surface area contributed by atoms with E-state index < -0.39 is 76.9 Å². The fraction of sp³-hybridized carbons (Fsp3) is 0.864. The smallest absolute Gasteiger partial charge is 0.335 e. The lowest BCUT2D eigenvalue weighted by Crippen LogP contribution is -2.61. The van der Waals surface area contributed by atoms with Crippen molar-refractivity contribution < 1.29 is 81.0 Å². The summed E-state index contributed by atoms with van der Waals surface area (Å²) in [5, 5.41) is 9.54. The highest BCUT2D eigenvalue weighted by Gasteiger charge is 2.62. The quantitative estimate of drug-likeness (QED) is 0.131. The first-order valence-electron chi connectivity index (χ1n) is 29.1. The molecule has 21 atom stereocenters. The maximum atomic E-state index is 14.2. The number of rotatable bonds is 9. The average molecular weight is 1110 g/mol. The van der Waals surface area contributed by atoms with Crippen LogP contribution >= 0.6 is 11.6 Å². The van der Waals surface area contributed by atoms with E-state index in [1.807, 2.05) is 45.9 Å². The second-order valence-electron chi connectivity index (χ2n) is 24.7. The molecule has 9 aliphatic heterocycles. The monoisotopic (exact) mass is 1110 g/mol. The Morgan fingerprint density at radius 3 is 2.21 bits per heavy atom. The van der Waals surface area contributed by atoms with E-state index in [1.165, 1.54) is 7.11 Å². The molecule has 436 valence electrons. The zero-order chi connectivity index (χ0) is 54.9. The molecule has 0 saturated carbocycles. The summed E-state index contributed by atoms with van der Waals surface area (Å²) in [6.07, 6.45) is 16.7. The first-order valence-corrected chi connectivity index (χ1v) is 29.5. The zero-order valence-corrected chi connectivity index (χ0v) is 48.2. The van der Waals surface area contributed by atoms with Crippen molar-refractivity contribution in [1.82, 2.24) is 0 Å². The van der Waals surface area contributed by atoms with Gasteiger partial charge in [0.15, 0.2) is 35.0 Å². The highest BCUT2D eigenvalue weighted by atomic mass is 35.5. The van der Waals surface area contributed by atoms with Gasteiger partial charge in [-0.05, 0) is 97.5 Å². The predicted molar refractivity (Wildman–Crippen MR) is 282 cm³/mol. The molecule has 0 aliphatic carbocycles. The molecule has 0 radical (unpaired) electrons. The Morgan fingerprint density at radius 1 is 0.727 bits per heavy atom. The largest absolute Gasteiger partial charge is 0.467 e. The van der Waals surface area contributed by atoms with Gasteiger partial charge in [0.1, 0.15) is 24.4 Å². The molecule has 18 heteroatoms. The number of carbonyl (C=O) groups is 2. The molecular weight excluding hydrogens is 1020 g/mol. The number of ether oxygens (including phenoxy) is 14. The topological polar surface area (TPSA) is 184 Å². The van der Waals surface area contributed by atoms with Crippen LogP contribution in [0.15, 0.2) is 36.5 Å². The summed E-state index contributed by atoms with van der Waals surface area (Å²) in [5.41, 5.74) is 0. The summed E-state index contributed by atoms with van der Waals surface area (Å²) in [7, 11) is 4.67. The molecule has 0 aromatic rings. The van der Waals surface area contributed by atoms with Crippen molar-refractivity contribution >= 4 is 23.5 Å². The third-order valence-corrected chi connectivity index (χ3v) is 18.5. The Kier molecular flexibility index (Phi) is 19.2. The van der Waals surface area contributed by atoms with Gasteiger partial charge < -0.3 is 71.4 Å². The number of aliphatic hydroxyl groups is 1. The van der Waals surface area contributed by atoms with Gasteiger partial charge in [0.25, 0.3) is 0 Å². The van der Waals surface area contributed by atoms with Gasteiger partial charge >= 0.3 is 11.9 Å². The van der Waals surface area contributed by atoms with Gasteiger partial charge in [0.05, 0.1) is 73.8 Å². The van der Waals surface area contributed by atoms with Crippen LogP contribution in [0, 0.1) is 17.8 Å². The molecule has 0 aromatic carbocycles. The number of hydrogen-bond donors (Lipinski definition) is 1. The Morgan fingerprint density at radius 2 is 1.44 bits per heavy atom. The van der Waals surface area contributed by atoms with Crippen molar-refractivity contribution in [1.29, 1.82) is 0 Å². The van der Waals surface area contributed by atoms with E-state index in [2.05, 4.69) is 37.7 Å². The van der Waals surface area contributed by atoms with E-state index in [4.69, 9.17) is 73.2 Å². The average Bonchev–Trinajstić information content (AvgIpc) is 3.91. The second kappa shape index (κ2) is 24.8. The van der Waals surface area contributed by atoms with Crippen molar-refractivity contribution in [3.8, 4) is 0 Å². The van der Waals surface area contributed by atoms with Gasteiger partial charge in [-0.15, -0.1) is 11.6 Å². The normalized spacial score (nSPS) is 45.9. The summed E-state index contributed by atoms with van der Waals surface area (Å²) in [5.74, 6) is -5.92. The van der Waals surface area contributed by atoms with Gasteiger partial charge in [-0.25, -0.2) is 4.79 Å². The summed E-state index contributed by atoms with van der Waals surface area (Å²) in [4.78, 5) is 25.9. The van der Waals surface area contributed by atoms with Gasteiger partial charge in [-0.3, -0.25) is 4.79 Å². The molecule has 1 unspecified atom stereocenters. The molecule has 8 saturated heterocycles. The molecule has 8 fully saturated rings. The number of halogens is 1. The molecule has 77 heavy (non-hydrogen) atoms. The minimum atomic E-state index is -1.22. The molecular formula is C59H91ClO17. The lowest BCUT2D eigenvalue weighted by Gasteiger charge is -2.54. The number of hydrogen-bond acceptors (Lipinski definition) is 17. The number of allylic oxidation sites excluding steroid dienone is 2. The van der Waals surface area contributed by atoms with Crippen LogP contribution in [0.3, 0.4) is 0 Å². The van der Waals surface area contributed by atoms with Crippen LogP contribution in [0.1, 0.15) is 164 Å². The lowest BCUT2D eigenvalue weighted by molar-refractivity contribution is -0.413. The minimum Gasteiger partial charge on any atom is -0.467 e. The van der Waals surface area contributed by atoms with Gasteiger partial charge in [0, 0.05) is 77.4 Å².